The summed E-state index contributed by atoms with van der Waals surface area (Å²) in [5, 5.41) is 3.07. The quantitative estimate of drug-likeness (QED) is 0.823. The Morgan fingerprint density at radius 2 is 1.90 bits per heavy atom. The minimum atomic E-state index is -0.0479. The van der Waals surface area contributed by atoms with Crippen molar-refractivity contribution in [2.45, 2.75) is 39.0 Å². The lowest BCUT2D eigenvalue weighted by Crippen LogP contribution is -2.40. The van der Waals surface area contributed by atoms with Crippen LogP contribution in [0.2, 0.25) is 0 Å². The standard InChI is InChI=1S/C23H28N2O3S/c1-15(2)16-3-6-19(7-4-16)24-22(26)17-5-8-20-18(13-17)14-21(29-20)23(27)25-9-11-28-12-10-25/h3-4,6-7,14-15,17H,5,8-13H2,1-2H3,(H,24,26). The molecular weight excluding hydrogens is 384 g/mol. The third-order valence-corrected chi connectivity index (χ3v) is 7.03. The number of rotatable bonds is 4. The minimum absolute atomic E-state index is 0.0479. The number of fused-ring (bicyclic) bond motifs is 1. The van der Waals surface area contributed by atoms with Crippen LogP contribution in [0.15, 0.2) is 30.3 Å². The minimum Gasteiger partial charge on any atom is -0.378 e. The predicted octanol–water partition coefficient (Wildman–Crippen LogP) is 4.09. The molecule has 0 spiro atoms. The van der Waals surface area contributed by atoms with Crippen LogP contribution < -0.4 is 5.32 Å². The van der Waals surface area contributed by atoms with E-state index in [1.54, 1.807) is 11.3 Å². The van der Waals surface area contributed by atoms with Crippen LogP contribution in [0.5, 0.6) is 0 Å². The Morgan fingerprint density at radius 1 is 1.17 bits per heavy atom. The summed E-state index contributed by atoms with van der Waals surface area (Å²) in [6.45, 7) is 6.84. The first-order chi connectivity index (χ1) is 14.0. The Labute approximate surface area is 176 Å². The molecule has 2 aromatic rings. The molecule has 1 fully saturated rings. The normalized spacial score (nSPS) is 19.1. The Balaban J connectivity index is 1.39. The fourth-order valence-electron chi connectivity index (χ4n) is 3.97. The summed E-state index contributed by atoms with van der Waals surface area (Å²) in [5.41, 5.74) is 3.27. The van der Waals surface area contributed by atoms with E-state index in [1.165, 1.54) is 10.4 Å². The summed E-state index contributed by atoms with van der Waals surface area (Å²) < 4.78 is 5.34. The molecule has 154 valence electrons. The van der Waals surface area contributed by atoms with Gasteiger partial charge in [0.1, 0.15) is 0 Å². The smallest absolute Gasteiger partial charge is 0.264 e. The highest BCUT2D eigenvalue weighted by molar-refractivity contribution is 7.14. The van der Waals surface area contributed by atoms with E-state index in [9.17, 15) is 9.59 Å². The van der Waals surface area contributed by atoms with Gasteiger partial charge in [0.15, 0.2) is 0 Å². The maximum atomic E-state index is 12.8. The maximum Gasteiger partial charge on any atom is 0.264 e. The van der Waals surface area contributed by atoms with Gasteiger partial charge in [0, 0.05) is 29.6 Å². The van der Waals surface area contributed by atoms with Crippen LogP contribution in [-0.2, 0) is 22.4 Å². The van der Waals surface area contributed by atoms with Crippen LogP contribution in [0.25, 0.3) is 0 Å². The molecule has 2 aliphatic rings. The number of nitrogens with zero attached hydrogens (tertiary/aromatic N) is 1. The van der Waals surface area contributed by atoms with Crippen molar-refractivity contribution in [3.05, 3.63) is 51.2 Å². The van der Waals surface area contributed by atoms with Gasteiger partial charge in [-0.1, -0.05) is 26.0 Å². The summed E-state index contributed by atoms with van der Waals surface area (Å²) in [6, 6.07) is 10.1. The topological polar surface area (TPSA) is 58.6 Å². The molecule has 4 rings (SSSR count). The molecule has 1 aromatic heterocycles. The Bertz CT molecular complexity index is 882. The van der Waals surface area contributed by atoms with Crippen molar-refractivity contribution in [3.63, 3.8) is 0 Å². The van der Waals surface area contributed by atoms with Crippen LogP contribution in [0, 0.1) is 5.92 Å². The monoisotopic (exact) mass is 412 g/mol. The molecule has 1 aliphatic heterocycles. The summed E-state index contributed by atoms with van der Waals surface area (Å²) in [6.07, 6.45) is 2.40. The number of carbonyl (C=O) groups excluding carboxylic acids is 2. The van der Waals surface area contributed by atoms with E-state index in [2.05, 4.69) is 31.3 Å². The van der Waals surface area contributed by atoms with Gasteiger partial charge >= 0.3 is 0 Å². The van der Waals surface area contributed by atoms with Crippen molar-refractivity contribution in [1.82, 2.24) is 4.90 Å². The molecule has 1 unspecified atom stereocenters. The van der Waals surface area contributed by atoms with Crippen LogP contribution >= 0.6 is 11.3 Å². The van der Waals surface area contributed by atoms with E-state index in [1.807, 2.05) is 23.1 Å². The van der Waals surface area contributed by atoms with Gasteiger partial charge in [0.25, 0.3) is 5.91 Å². The van der Waals surface area contributed by atoms with E-state index in [0.29, 0.717) is 38.6 Å². The lowest BCUT2D eigenvalue weighted by Gasteiger charge is -2.26. The molecule has 0 saturated carbocycles. The molecule has 2 heterocycles. The second-order valence-electron chi connectivity index (χ2n) is 8.17. The highest BCUT2D eigenvalue weighted by Crippen LogP contribution is 2.33. The molecule has 1 aromatic carbocycles. The first-order valence-electron chi connectivity index (χ1n) is 10.4. The van der Waals surface area contributed by atoms with Gasteiger partial charge < -0.3 is 15.0 Å². The molecule has 29 heavy (non-hydrogen) atoms. The molecule has 1 atom stereocenters. The van der Waals surface area contributed by atoms with Crippen molar-refractivity contribution >= 4 is 28.8 Å². The summed E-state index contributed by atoms with van der Waals surface area (Å²) >= 11 is 1.60. The Kier molecular flexibility index (Phi) is 6.01. The molecule has 1 N–H and O–H groups in total. The first kappa shape index (κ1) is 20.1. The van der Waals surface area contributed by atoms with E-state index < -0.39 is 0 Å². The second-order valence-corrected chi connectivity index (χ2v) is 9.31. The van der Waals surface area contributed by atoms with Crippen LogP contribution in [0.3, 0.4) is 0 Å². The van der Waals surface area contributed by atoms with Crippen LogP contribution in [0.4, 0.5) is 5.69 Å². The highest BCUT2D eigenvalue weighted by Gasteiger charge is 2.29. The molecule has 1 aliphatic carbocycles. The van der Waals surface area contributed by atoms with Gasteiger partial charge in [-0.25, -0.2) is 0 Å². The molecule has 1 saturated heterocycles. The van der Waals surface area contributed by atoms with Gasteiger partial charge in [-0.3, -0.25) is 9.59 Å². The number of ether oxygens (including phenoxy) is 1. The largest absolute Gasteiger partial charge is 0.378 e. The second kappa shape index (κ2) is 8.67. The lowest BCUT2D eigenvalue weighted by atomic mass is 9.87. The molecule has 6 heteroatoms. The number of aryl methyl sites for hydroxylation is 1. The van der Waals surface area contributed by atoms with Gasteiger partial charge in [0.2, 0.25) is 5.91 Å². The summed E-state index contributed by atoms with van der Waals surface area (Å²) in [7, 11) is 0. The Hall–Kier alpha value is -2.18. The van der Waals surface area contributed by atoms with Gasteiger partial charge in [0.05, 0.1) is 18.1 Å². The molecule has 2 amide bonds. The number of hydrogen-bond donors (Lipinski definition) is 1. The van der Waals surface area contributed by atoms with Crippen molar-refractivity contribution in [2.24, 2.45) is 5.92 Å². The molecule has 0 radical (unpaired) electrons. The fraction of sp³-hybridized carbons (Fsp3) is 0.478. The van der Waals surface area contributed by atoms with Crippen molar-refractivity contribution < 1.29 is 14.3 Å². The van der Waals surface area contributed by atoms with Crippen LogP contribution in [-0.4, -0.2) is 43.0 Å². The van der Waals surface area contributed by atoms with Gasteiger partial charge in [-0.15, -0.1) is 11.3 Å². The van der Waals surface area contributed by atoms with Crippen LogP contribution in [0.1, 0.15) is 51.9 Å². The first-order valence-corrected chi connectivity index (χ1v) is 11.2. The predicted molar refractivity (Wildman–Crippen MR) is 116 cm³/mol. The number of morpholine rings is 1. The number of anilines is 1. The number of nitrogens with one attached hydrogen (secondary N) is 1. The maximum absolute atomic E-state index is 12.8. The average Bonchev–Trinajstić information content (AvgIpc) is 3.17. The lowest BCUT2D eigenvalue weighted by molar-refractivity contribution is -0.120. The van der Waals surface area contributed by atoms with Gasteiger partial charge in [-0.05, 0) is 54.5 Å². The molecule has 0 bridgehead atoms. The summed E-state index contributed by atoms with van der Waals surface area (Å²) in [5.74, 6) is 0.594. The van der Waals surface area contributed by atoms with E-state index >= 15 is 0 Å². The SMILES string of the molecule is CC(C)c1ccc(NC(=O)C2CCc3sc(C(=O)N4CCOCC4)cc3C2)cc1. The van der Waals surface area contributed by atoms with Crippen molar-refractivity contribution in [1.29, 1.82) is 0 Å². The van der Waals surface area contributed by atoms with Crippen molar-refractivity contribution in [3.8, 4) is 0 Å². The van der Waals surface area contributed by atoms with E-state index in [0.717, 1.165) is 29.0 Å². The number of benzene rings is 1. The number of hydrogen-bond acceptors (Lipinski definition) is 4. The fourth-order valence-corrected chi connectivity index (χ4v) is 5.15. The Morgan fingerprint density at radius 3 is 2.59 bits per heavy atom. The highest BCUT2D eigenvalue weighted by atomic mass is 32.1. The zero-order valence-electron chi connectivity index (χ0n) is 17.1. The number of amides is 2. The third kappa shape index (κ3) is 4.54. The zero-order valence-corrected chi connectivity index (χ0v) is 17.9. The molecular formula is C23H28N2O3S. The van der Waals surface area contributed by atoms with Crippen molar-refractivity contribution in [2.75, 3.05) is 31.6 Å². The van der Waals surface area contributed by atoms with Gasteiger partial charge in [-0.2, -0.15) is 0 Å². The summed E-state index contributed by atoms with van der Waals surface area (Å²) in [4.78, 5) is 29.5. The zero-order chi connectivity index (χ0) is 20.4. The van der Waals surface area contributed by atoms with E-state index in [-0.39, 0.29) is 17.7 Å². The number of thiophene rings is 1. The average molecular weight is 413 g/mol. The number of carbonyl (C=O) groups is 2. The third-order valence-electron chi connectivity index (χ3n) is 5.81. The molecule has 5 nitrogen and oxygen atoms in total. The van der Waals surface area contributed by atoms with E-state index in [4.69, 9.17) is 4.74 Å².